The van der Waals surface area contributed by atoms with Gasteiger partial charge >= 0.3 is 5.97 Å². The number of H-pyrrole nitrogens is 1. The molecule has 0 aliphatic carbocycles. The van der Waals surface area contributed by atoms with Gasteiger partial charge < -0.3 is 9.72 Å². The molecule has 124 valence electrons. The van der Waals surface area contributed by atoms with E-state index >= 15 is 0 Å². The van der Waals surface area contributed by atoms with Gasteiger partial charge in [0.25, 0.3) is 5.56 Å². The lowest BCUT2D eigenvalue weighted by Gasteiger charge is -2.06. The topological polar surface area (TPSA) is 89.9 Å². The highest BCUT2D eigenvalue weighted by molar-refractivity contribution is 5.90. The number of fused-ring (bicyclic) bond motifs is 1. The lowest BCUT2D eigenvalue weighted by Crippen LogP contribution is -2.15. The van der Waals surface area contributed by atoms with Crippen molar-refractivity contribution < 1.29 is 9.53 Å². The first kappa shape index (κ1) is 15.9. The number of hydrogen-bond acceptors (Lipinski definition) is 5. The van der Waals surface area contributed by atoms with Crippen LogP contribution in [0.4, 0.5) is 0 Å². The van der Waals surface area contributed by atoms with E-state index < -0.39 is 5.97 Å². The zero-order valence-corrected chi connectivity index (χ0v) is 13.6. The molecule has 1 aromatic carbocycles. The molecular formula is C17H18N4O3. The van der Waals surface area contributed by atoms with Crippen molar-refractivity contribution in [2.24, 2.45) is 7.05 Å². The third kappa shape index (κ3) is 3.05. The fraction of sp³-hybridized carbons (Fsp3) is 0.294. The molecule has 0 spiro atoms. The molecule has 0 atom stereocenters. The summed E-state index contributed by atoms with van der Waals surface area (Å²) in [7, 11) is 1.80. The van der Waals surface area contributed by atoms with Crippen LogP contribution in [-0.4, -0.2) is 25.7 Å². The van der Waals surface area contributed by atoms with Crippen molar-refractivity contribution in [2.75, 3.05) is 0 Å². The lowest BCUT2D eigenvalue weighted by molar-refractivity contribution is 0.0461. The van der Waals surface area contributed by atoms with Crippen molar-refractivity contribution in [2.45, 2.75) is 26.4 Å². The standard InChI is InChI=1S/C17H18N4O3/c1-3-6-14-12(9-18-21(14)2)17(23)24-10-15-19-13-8-5-4-7-11(13)16(22)20-15/h4-5,7-9H,3,6,10H2,1-2H3,(H,19,20,22). The van der Waals surface area contributed by atoms with Crippen molar-refractivity contribution in [1.82, 2.24) is 19.7 Å². The fourth-order valence-electron chi connectivity index (χ4n) is 2.58. The monoisotopic (exact) mass is 326 g/mol. The van der Waals surface area contributed by atoms with Crippen LogP contribution in [0.2, 0.25) is 0 Å². The Balaban J connectivity index is 1.78. The van der Waals surface area contributed by atoms with Crippen LogP contribution in [0.3, 0.4) is 0 Å². The summed E-state index contributed by atoms with van der Waals surface area (Å²) in [5.74, 6) is -0.157. The number of hydrogen-bond donors (Lipinski definition) is 1. The molecule has 0 fully saturated rings. The number of para-hydroxylation sites is 1. The molecular weight excluding hydrogens is 308 g/mol. The summed E-state index contributed by atoms with van der Waals surface area (Å²) in [6, 6.07) is 7.02. The normalized spacial score (nSPS) is 10.9. The van der Waals surface area contributed by atoms with Crippen LogP contribution in [0.1, 0.15) is 35.2 Å². The number of benzene rings is 1. The molecule has 7 heteroatoms. The molecule has 24 heavy (non-hydrogen) atoms. The molecule has 2 aromatic heterocycles. The van der Waals surface area contributed by atoms with Crippen LogP contribution < -0.4 is 5.56 Å². The number of rotatable bonds is 5. The van der Waals surface area contributed by atoms with Gasteiger partial charge in [-0.3, -0.25) is 9.48 Å². The van der Waals surface area contributed by atoms with E-state index in [9.17, 15) is 9.59 Å². The van der Waals surface area contributed by atoms with Crippen LogP contribution in [-0.2, 0) is 24.8 Å². The van der Waals surface area contributed by atoms with Crippen LogP contribution in [0.25, 0.3) is 10.9 Å². The van der Waals surface area contributed by atoms with E-state index in [4.69, 9.17) is 4.74 Å². The van der Waals surface area contributed by atoms with Crippen molar-refractivity contribution in [1.29, 1.82) is 0 Å². The van der Waals surface area contributed by atoms with E-state index in [0.717, 1.165) is 18.5 Å². The van der Waals surface area contributed by atoms with Crippen molar-refractivity contribution in [3.8, 4) is 0 Å². The van der Waals surface area contributed by atoms with E-state index in [1.807, 2.05) is 6.92 Å². The highest BCUT2D eigenvalue weighted by Gasteiger charge is 2.17. The third-order valence-corrected chi connectivity index (χ3v) is 3.77. The van der Waals surface area contributed by atoms with E-state index in [0.29, 0.717) is 22.3 Å². The van der Waals surface area contributed by atoms with E-state index in [-0.39, 0.29) is 12.2 Å². The first-order valence-corrected chi connectivity index (χ1v) is 7.76. The lowest BCUT2D eigenvalue weighted by atomic mass is 10.1. The molecule has 7 nitrogen and oxygen atoms in total. The van der Waals surface area contributed by atoms with E-state index in [2.05, 4.69) is 15.1 Å². The predicted molar refractivity (Wildman–Crippen MR) is 88.7 cm³/mol. The summed E-state index contributed by atoms with van der Waals surface area (Å²) in [6.07, 6.45) is 3.15. The summed E-state index contributed by atoms with van der Waals surface area (Å²) in [5.41, 5.74) is 1.60. The van der Waals surface area contributed by atoms with Gasteiger partial charge in [-0.25, -0.2) is 9.78 Å². The molecule has 0 aliphatic heterocycles. The van der Waals surface area contributed by atoms with Gasteiger partial charge in [0.1, 0.15) is 18.0 Å². The zero-order chi connectivity index (χ0) is 17.1. The Morgan fingerprint density at radius 1 is 1.33 bits per heavy atom. The SMILES string of the molecule is CCCc1c(C(=O)OCc2nc3ccccc3c(=O)[nH]2)cnn1C. The Kier molecular flexibility index (Phi) is 4.41. The largest absolute Gasteiger partial charge is 0.454 e. The van der Waals surface area contributed by atoms with Gasteiger partial charge in [0, 0.05) is 7.05 Å². The predicted octanol–water partition coefficient (Wildman–Crippen LogP) is 1.97. The van der Waals surface area contributed by atoms with E-state index in [1.54, 1.807) is 36.0 Å². The first-order valence-electron chi connectivity index (χ1n) is 7.76. The van der Waals surface area contributed by atoms with Gasteiger partial charge in [-0.05, 0) is 18.6 Å². The Hall–Kier alpha value is -2.96. The van der Waals surface area contributed by atoms with Crippen LogP contribution in [0, 0.1) is 0 Å². The number of ether oxygens (including phenoxy) is 1. The maximum absolute atomic E-state index is 12.3. The molecule has 0 saturated carbocycles. The molecule has 0 amide bonds. The number of carbonyl (C=O) groups is 1. The smallest absolute Gasteiger partial charge is 0.342 e. The molecule has 0 aliphatic rings. The van der Waals surface area contributed by atoms with Gasteiger partial charge in [0.15, 0.2) is 0 Å². The van der Waals surface area contributed by atoms with Gasteiger partial charge in [-0.1, -0.05) is 25.5 Å². The fourth-order valence-corrected chi connectivity index (χ4v) is 2.58. The summed E-state index contributed by atoms with van der Waals surface area (Å²) >= 11 is 0. The van der Waals surface area contributed by atoms with Crippen LogP contribution in [0.15, 0.2) is 35.3 Å². The Bertz CT molecular complexity index is 942. The summed E-state index contributed by atoms with van der Waals surface area (Å²) in [4.78, 5) is 31.2. The minimum Gasteiger partial charge on any atom is -0.454 e. The van der Waals surface area contributed by atoms with Gasteiger partial charge in [-0.2, -0.15) is 5.10 Å². The molecule has 0 radical (unpaired) electrons. The Labute approximate surface area is 138 Å². The second-order valence-electron chi connectivity index (χ2n) is 5.48. The first-order chi connectivity index (χ1) is 11.6. The number of nitrogens with one attached hydrogen (secondary N) is 1. The summed E-state index contributed by atoms with van der Waals surface area (Å²) in [5, 5.41) is 4.61. The minimum atomic E-state index is -0.470. The number of aryl methyl sites for hydroxylation is 1. The summed E-state index contributed by atoms with van der Waals surface area (Å²) in [6.45, 7) is 1.94. The maximum Gasteiger partial charge on any atom is 0.342 e. The molecule has 1 N–H and O–H groups in total. The molecule has 3 rings (SSSR count). The molecule has 0 unspecified atom stereocenters. The quantitative estimate of drug-likeness (QED) is 0.724. The second kappa shape index (κ2) is 6.66. The number of nitrogens with zero attached hydrogens (tertiary/aromatic N) is 3. The average Bonchev–Trinajstić information content (AvgIpc) is 2.94. The van der Waals surface area contributed by atoms with Crippen molar-refractivity contribution in [3.05, 3.63) is 57.9 Å². The second-order valence-corrected chi connectivity index (χ2v) is 5.48. The molecule has 3 aromatic rings. The van der Waals surface area contributed by atoms with Crippen LogP contribution >= 0.6 is 0 Å². The van der Waals surface area contributed by atoms with Crippen molar-refractivity contribution >= 4 is 16.9 Å². The highest BCUT2D eigenvalue weighted by atomic mass is 16.5. The minimum absolute atomic E-state index is 0.0979. The van der Waals surface area contributed by atoms with E-state index in [1.165, 1.54) is 6.20 Å². The van der Waals surface area contributed by atoms with Crippen molar-refractivity contribution in [3.63, 3.8) is 0 Å². The summed E-state index contributed by atoms with van der Waals surface area (Å²) < 4.78 is 6.97. The number of esters is 1. The molecule has 0 saturated heterocycles. The van der Waals surface area contributed by atoms with Gasteiger partial charge in [-0.15, -0.1) is 0 Å². The van der Waals surface area contributed by atoms with Gasteiger partial charge in [0.2, 0.25) is 0 Å². The number of aromatic nitrogens is 4. The Morgan fingerprint density at radius 2 is 2.12 bits per heavy atom. The van der Waals surface area contributed by atoms with Gasteiger partial charge in [0.05, 0.1) is 22.8 Å². The Morgan fingerprint density at radius 3 is 2.92 bits per heavy atom. The third-order valence-electron chi connectivity index (χ3n) is 3.77. The molecule has 0 bridgehead atoms. The zero-order valence-electron chi connectivity index (χ0n) is 13.6. The highest BCUT2D eigenvalue weighted by Crippen LogP contribution is 2.13. The average molecular weight is 326 g/mol. The van der Waals surface area contributed by atoms with Crippen LogP contribution in [0.5, 0.6) is 0 Å². The maximum atomic E-state index is 12.3. The number of aromatic amines is 1. The number of carbonyl (C=O) groups excluding carboxylic acids is 1. The molecule has 2 heterocycles.